The smallest absolute Gasteiger partial charge is 0.281 e. The van der Waals surface area contributed by atoms with Crippen LogP contribution < -0.4 is 14.8 Å². The Morgan fingerprint density at radius 3 is 2.40 bits per heavy atom. The summed E-state index contributed by atoms with van der Waals surface area (Å²) in [4.78, 5) is 33.6. The molecule has 1 aromatic heterocycles. The molecule has 2 amide bonds. The highest BCUT2D eigenvalue weighted by Gasteiger charge is 2.39. The minimum absolute atomic E-state index is 0.109. The molecule has 0 radical (unpaired) electrons. The Hall–Kier alpha value is -4.98. The van der Waals surface area contributed by atoms with Crippen molar-refractivity contribution in [1.82, 2.24) is 15.0 Å². The van der Waals surface area contributed by atoms with E-state index in [1.807, 2.05) is 0 Å². The van der Waals surface area contributed by atoms with Crippen molar-refractivity contribution in [3.05, 3.63) is 113 Å². The number of hydrogen-bond acceptors (Lipinski definition) is 8. The largest absolute Gasteiger partial charge is 0.492 e. The van der Waals surface area contributed by atoms with Gasteiger partial charge in [0.05, 0.1) is 7.11 Å². The number of aromatic nitrogens is 2. The SMILES string of the molecule is COc1c(OCC(=O)Nc2ccncn2)cccc1C1SC(c2ccc(F)cc2)=NN1C(=O)c1c(F)cc(F)cc1F. The highest BCUT2D eigenvalue weighted by molar-refractivity contribution is 8.14. The van der Waals surface area contributed by atoms with Gasteiger partial charge in [-0.3, -0.25) is 9.59 Å². The van der Waals surface area contributed by atoms with Crippen molar-refractivity contribution in [3.8, 4) is 11.5 Å². The molecule has 0 saturated heterocycles. The van der Waals surface area contributed by atoms with Crippen molar-refractivity contribution in [2.75, 3.05) is 19.0 Å². The van der Waals surface area contributed by atoms with Crippen LogP contribution in [0.25, 0.3) is 0 Å². The lowest BCUT2D eigenvalue weighted by Gasteiger charge is -2.24. The van der Waals surface area contributed by atoms with Gasteiger partial charge in [-0.15, -0.1) is 0 Å². The van der Waals surface area contributed by atoms with Crippen LogP contribution in [0.2, 0.25) is 0 Å². The highest BCUT2D eigenvalue weighted by Crippen LogP contribution is 2.47. The molecule has 5 rings (SSSR count). The van der Waals surface area contributed by atoms with Gasteiger partial charge < -0.3 is 14.8 Å². The van der Waals surface area contributed by atoms with Gasteiger partial charge >= 0.3 is 0 Å². The number of nitrogens with one attached hydrogen (secondary N) is 1. The molecule has 9 nitrogen and oxygen atoms in total. The van der Waals surface area contributed by atoms with Gasteiger partial charge in [-0.25, -0.2) is 32.5 Å². The van der Waals surface area contributed by atoms with Crippen molar-refractivity contribution < 1.29 is 36.6 Å². The van der Waals surface area contributed by atoms with Crippen LogP contribution in [0.4, 0.5) is 23.4 Å². The van der Waals surface area contributed by atoms with E-state index in [2.05, 4.69) is 20.4 Å². The number of ether oxygens (including phenoxy) is 2. The third-order valence-corrected chi connectivity index (χ3v) is 7.07. The molecule has 3 aromatic carbocycles. The Morgan fingerprint density at radius 1 is 1.00 bits per heavy atom. The second-order valence-electron chi connectivity index (χ2n) is 8.59. The first-order chi connectivity index (χ1) is 20.2. The first-order valence-corrected chi connectivity index (χ1v) is 13.0. The van der Waals surface area contributed by atoms with Gasteiger partial charge in [-0.05, 0) is 36.4 Å². The summed E-state index contributed by atoms with van der Waals surface area (Å²) in [5, 5.41) is 6.84. The molecule has 0 aliphatic carbocycles. The Kier molecular flexibility index (Phi) is 8.33. The fraction of sp³-hybridized carbons (Fsp3) is 0.107. The average molecular weight is 598 g/mol. The summed E-state index contributed by atoms with van der Waals surface area (Å²) in [5.74, 6) is -5.75. The summed E-state index contributed by atoms with van der Waals surface area (Å²) in [6, 6.07) is 12.2. The second kappa shape index (κ2) is 12.3. The van der Waals surface area contributed by atoms with Crippen LogP contribution in [0.15, 0.2) is 78.3 Å². The first kappa shape index (κ1) is 28.5. The fourth-order valence-corrected chi connectivity index (χ4v) is 5.18. The molecule has 214 valence electrons. The number of carbonyl (C=O) groups is 2. The van der Waals surface area contributed by atoms with Gasteiger partial charge in [0.1, 0.15) is 51.4 Å². The molecule has 0 saturated carbocycles. The van der Waals surface area contributed by atoms with Crippen molar-refractivity contribution in [3.63, 3.8) is 0 Å². The quantitative estimate of drug-likeness (QED) is 0.275. The molecule has 4 aromatic rings. The van der Waals surface area contributed by atoms with E-state index in [4.69, 9.17) is 9.47 Å². The molecule has 1 unspecified atom stereocenters. The van der Waals surface area contributed by atoms with E-state index in [9.17, 15) is 27.2 Å². The molecule has 1 atom stereocenters. The molecule has 1 aliphatic heterocycles. The van der Waals surface area contributed by atoms with E-state index >= 15 is 0 Å². The third kappa shape index (κ3) is 6.02. The number of hydrogen-bond donors (Lipinski definition) is 1. The summed E-state index contributed by atoms with van der Waals surface area (Å²) in [5.41, 5.74) is -0.290. The summed E-state index contributed by atoms with van der Waals surface area (Å²) in [6.07, 6.45) is 2.72. The monoisotopic (exact) mass is 597 g/mol. The summed E-state index contributed by atoms with van der Waals surface area (Å²) in [7, 11) is 1.33. The number of thioether (sulfide) groups is 1. The maximum Gasteiger partial charge on any atom is 0.281 e. The first-order valence-electron chi connectivity index (χ1n) is 12.1. The number of carbonyl (C=O) groups excluding carboxylic acids is 2. The number of hydrazone groups is 1. The van der Waals surface area contributed by atoms with Crippen molar-refractivity contribution in [2.24, 2.45) is 5.10 Å². The van der Waals surface area contributed by atoms with Crippen molar-refractivity contribution in [2.45, 2.75) is 5.37 Å². The maximum atomic E-state index is 14.6. The number of amides is 2. The minimum Gasteiger partial charge on any atom is -0.492 e. The molecule has 0 bridgehead atoms. The van der Waals surface area contributed by atoms with Crippen LogP contribution in [-0.4, -0.2) is 45.6 Å². The van der Waals surface area contributed by atoms with Crippen molar-refractivity contribution >= 4 is 34.4 Å². The van der Waals surface area contributed by atoms with E-state index < -0.39 is 52.6 Å². The molecule has 0 fully saturated rings. The van der Waals surface area contributed by atoms with Crippen LogP contribution in [0.3, 0.4) is 0 Å². The van der Waals surface area contributed by atoms with Crippen LogP contribution in [0.1, 0.15) is 26.9 Å². The Morgan fingerprint density at radius 2 is 1.74 bits per heavy atom. The van der Waals surface area contributed by atoms with Crippen LogP contribution in [0, 0.1) is 23.3 Å². The lowest BCUT2D eigenvalue weighted by atomic mass is 10.1. The topological polar surface area (TPSA) is 106 Å². The predicted octanol–water partition coefficient (Wildman–Crippen LogP) is 5.31. The number of methoxy groups -OCH3 is 1. The summed E-state index contributed by atoms with van der Waals surface area (Å²) >= 11 is 1.02. The van der Waals surface area contributed by atoms with E-state index in [1.165, 1.54) is 56.0 Å². The number of anilines is 1. The van der Waals surface area contributed by atoms with Gasteiger partial charge in [0, 0.05) is 29.5 Å². The van der Waals surface area contributed by atoms with Crippen LogP contribution in [0.5, 0.6) is 11.5 Å². The van der Waals surface area contributed by atoms with Gasteiger partial charge in [-0.2, -0.15) is 5.10 Å². The molecule has 42 heavy (non-hydrogen) atoms. The van der Waals surface area contributed by atoms with E-state index in [-0.39, 0.29) is 22.4 Å². The lowest BCUT2D eigenvalue weighted by molar-refractivity contribution is -0.118. The van der Waals surface area contributed by atoms with Gasteiger partial charge in [0.2, 0.25) is 0 Å². The number of para-hydroxylation sites is 1. The fourth-order valence-electron chi connectivity index (χ4n) is 4.00. The minimum atomic E-state index is -1.41. The summed E-state index contributed by atoms with van der Waals surface area (Å²) in [6.45, 7) is -0.437. The second-order valence-corrected chi connectivity index (χ2v) is 9.66. The van der Waals surface area contributed by atoms with Gasteiger partial charge in [0.15, 0.2) is 18.1 Å². The van der Waals surface area contributed by atoms with Gasteiger partial charge in [-0.1, -0.05) is 23.9 Å². The standard InChI is InChI=1S/C28H19F4N5O4S/c1-40-25-18(3-2-4-21(25)41-13-23(38)35-22-9-10-33-14-34-22)28-37(27(39)24-19(31)11-17(30)12-20(24)32)36-26(42-28)15-5-7-16(29)8-6-15/h2-12,14,28H,13H2,1H3,(H,33,34,35,38). The van der Waals surface area contributed by atoms with Crippen LogP contribution >= 0.6 is 11.8 Å². The lowest BCUT2D eigenvalue weighted by Crippen LogP contribution is -2.28. The zero-order valence-electron chi connectivity index (χ0n) is 21.6. The van der Waals surface area contributed by atoms with Gasteiger partial charge in [0.25, 0.3) is 11.8 Å². The third-order valence-electron chi connectivity index (χ3n) is 5.85. The summed E-state index contributed by atoms with van der Waals surface area (Å²) < 4.78 is 67.7. The van der Waals surface area contributed by atoms with Crippen LogP contribution in [-0.2, 0) is 4.79 Å². The van der Waals surface area contributed by atoms with E-state index in [1.54, 1.807) is 12.1 Å². The Labute approximate surface area is 240 Å². The maximum absolute atomic E-state index is 14.6. The highest BCUT2D eigenvalue weighted by atomic mass is 32.2. The predicted molar refractivity (Wildman–Crippen MR) is 145 cm³/mol. The number of nitrogens with zero attached hydrogens (tertiary/aromatic N) is 4. The molecule has 1 aliphatic rings. The van der Waals surface area contributed by atoms with Crippen molar-refractivity contribution in [1.29, 1.82) is 0 Å². The Balaban J connectivity index is 1.48. The van der Waals surface area contributed by atoms with E-state index in [0.717, 1.165) is 16.8 Å². The Bertz CT molecular complexity index is 1650. The molecule has 1 N–H and O–H groups in total. The molecule has 2 heterocycles. The zero-order valence-corrected chi connectivity index (χ0v) is 22.4. The van der Waals surface area contributed by atoms with E-state index in [0.29, 0.717) is 23.3 Å². The number of halogens is 4. The molecule has 14 heteroatoms. The normalized spacial score (nSPS) is 14.4. The number of benzene rings is 3. The zero-order chi connectivity index (χ0) is 29.8. The number of rotatable bonds is 8. The molecular weight excluding hydrogens is 578 g/mol. The molecule has 0 spiro atoms. The average Bonchev–Trinajstić information content (AvgIpc) is 3.41. The molecular formula is C28H19F4N5O4S.